The summed E-state index contributed by atoms with van der Waals surface area (Å²) in [5, 5.41) is 19.2. The van der Waals surface area contributed by atoms with Gasteiger partial charge in [-0.15, -0.1) is 0 Å². The molecule has 0 bridgehead atoms. The number of carbonyl (C=O) groups is 2. The zero-order chi connectivity index (χ0) is 16.6. The van der Waals surface area contributed by atoms with Gasteiger partial charge in [-0.2, -0.15) is 0 Å². The monoisotopic (exact) mass is 324 g/mol. The normalized spacial score (nSPS) is 29.2. The summed E-state index contributed by atoms with van der Waals surface area (Å²) in [5.74, 6) is -1.82. The molecule has 0 unspecified atom stereocenters. The molecule has 1 saturated carbocycles. The molecule has 1 aliphatic carbocycles. The van der Waals surface area contributed by atoms with E-state index in [4.69, 9.17) is 9.47 Å². The minimum atomic E-state index is -0.582. The second kappa shape index (κ2) is 4.29. The molecule has 2 aromatic carbocycles. The third-order valence-corrected chi connectivity index (χ3v) is 5.23. The van der Waals surface area contributed by atoms with E-state index >= 15 is 0 Å². The Balaban J connectivity index is 1.69. The molecule has 0 amide bonds. The largest absolute Gasteiger partial charge is 0.508 e. The fraction of sp³-hybridized carbons (Fsp3) is 0.222. The van der Waals surface area contributed by atoms with E-state index in [-0.39, 0.29) is 23.3 Å². The minimum Gasteiger partial charge on any atom is -0.508 e. The van der Waals surface area contributed by atoms with Gasteiger partial charge in [-0.3, -0.25) is 9.59 Å². The van der Waals surface area contributed by atoms with E-state index in [1.54, 1.807) is 24.3 Å². The first kappa shape index (κ1) is 13.4. The van der Waals surface area contributed by atoms with Crippen molar-refractivity contribution in [3.63, 3.8) is 0 Å². The molecule has 6 nitrogen and oxygen atoms in total. The Morgan fingerprint density at radius 2 is 1.08 bits per heavy atom. The Bertz CT molecular complexity index is 842. The summed E-state index contributed by atoms with van der Waals surface area (Å²) in [6, 6.07) is 9.36. The van der Waals surface area contributed by atoms with Gasteiger partial charge in [0, 0.05) is 24.0 Å². The zero-order valence-corrected chi connectivity index (χ0v) is 12.3. The van der Waals surface area contributed by atoms with Crippen LogP contribution < -0.4 is 9.47 Å². The average Bonchev–Trinajstić information content (AvgIpc) is 2.49. The van der Waals surface area contributed by atoms with Crippen LogP contribution in [0.25, 0.3) is 0 Å². The molecular formula is C18H12O6. The molecule has 1 fully saturated rings. The number of hydrogen-bond acceptors (Lipinski definition) is 6. The maximum atomic E-state index is 12.3. The topological polar surface area (TPSA) is 93.1 Å². The molecule has 6 heteroatoms. The van der Waals surface area contributed by atoms with Crippen molar-refractivity contribution >= 4 is 11.9 Å². The van der Waals surface area contributed by atoms with Gasteiger partial charge in [0.1, 0.15) is 23.0 Å². The SMILES string of the molecule is O=C1Oc2cc(O)ccc2[C@@H]2[C@H]1[C@@H]1C(=O)Oc3cc(O)ccc3[C@@H]12. The lowest BCUT2D eigenvalue weighted by atomic mass is 9.51. The number of fused-ring (bicyclic) bond motifs is 8. The maximum Gasteiger partial charge on any atom is 0.315 e. The molecule has 2 heterocycles. The van der Waals surface area contributed by atoms with Crippen LogP contribution in [0.3, 0.4) is 0 Å². The van der Waals surface area contributed by atoms with Gasteiger partial charge < -0.3 is 19.7 Å². The standard InChI is InChI=1S/C18H12O6/c19-7-1-3-9-11(5-7)23-17(21)15-13(9)14-10-4-2-8(20)6-12(10)24-18(22)16(14)15/h1-6,13-16,19-20H/t13-,14+,15-,16+. The number of hydrogen-bond donors (Lipinski definition) is 2. The summed E-state index contributed by atoms with van der Waals surface area (Å²) in [6.45, 7) is 0. The zero-order valence-electron chi connectivity index (χ0n) is 12.3. The number of phenolic OH excluding ortho intramolecular Hbond substituents is 2. The van der Waals surface area contributed by atoms with E-state index in [0.717, 1.165) is 11.1 Å². The fourth-order valence-corrected chi connectivity index (χ4v) is 4.23. The number of phenols is 2. The van der Waals surface area contributed by atoms with Crippen molar-refractivity contribution in [3.8, 4) is 23.0 Å². The molecule has 5 rings (SSSR count). The molecule has 2 N–H and O–H groups in total. The lowest BCUT2D eigenvalue weighted by molar-refractivity contribution is -0.165. The molecule has 3 aliphatic rings. The highest BCUT2D eigenvalue weighted by molar-refractivity contribution is 5.92. The van der Waals surface area contributed by atoms with E-state index in [9.17, 15) is 19.8 Å². The van der Waals surface area contributed by atoms with Crippen molar-refractivity contribution in [2.24, 2.45) is 11.8 Å². The molecule has 2 aromatic rings. The van der Waals surface area contributed by atoms with Crippen LogP contribution in [0.1, 0.15) is 23.0 Å². The van der Waals surface area contributed by atoms with Crippen LogP contribution in [0, 0.1) is 11.8 Å². The first-order valence-electron chi connectivity index (χ1n) is 7.64. The third kappa shape index (κ3) is 1.55. The fourth-order valence-electron chi connectivity index (χ4n) is 4.23. The van der Waals surface area contributed by atoms with Crippen molar-refractivity contribution in [1.29, 1.82) is 0 Å². The number of benzene rings is 2. The van der Waals surface area contributed by atoms with Gasteiger partial charge in [-0.25, -0.2) is 0 Å². The molecule has 0 aromatic heterocycles. The maximum absolute atomic E-state index is 12.3. The van der Waals surface area contributed by atoms with Crippen LogP contribution in [-0.2, 0) is 9.59 Å². The number of carbonyl (C=O) groups excluding carboxylic acids is 2. The lowest BCUT2D eigenvalue weighted by Gasteiger charge is -2.53. The van der Waals surface area contributed by atoms with Crippen molar-refractivity contribution < 1.29 is 29.3 Å². The van der Waals surface area contributed by atoms with Crippen molar-refractivity contribution in [2.75, 3.05) is 0 Å². The van der Waals surface area contributed by atoms with Gasteiger partial charge in [0.15, 0.2) is 0 Å². The van der Waals surface area contributed by atoms with Gasteiger partial charge in [-0.1, -0.05) is 12.1 Å². The third-order valence-electron chi connectivity index (χ3n) is 5.23. The summed E-state index contributed by atoms with van der Waals surface area (Å²) in [6.07, 6.45) is 0. The van der Waals surface area contributed by atoms with Gasteiger partial charge in [-0.05, 0) is 23.3 Å². The Labute approximate surface area is 136 Å². The number of ether oxygens (including phenoxy) is 2. The van der Waals surface area contributed by atoms with Crippen LogP contribution in [0.4, 0.5) is 0 Å². The van der Waals surface area contributed by atoms with Crippen LogP contribution in [0.15, 0.2) is 36.4 Å². The highest BCUT2D eigenvalue weighted by Gasteiger charge is 2.64. The van der Waals surface area contributed by atoms with Crippen LogP contribution >= 0.6 is 0 Å². The molecule has 4 atom stereocenters. The summed E-state index contributed by atoms with van der Waals surface area (Å²) in [5.41, 5.74) is 1.60. The van der Waals surface area contributed by atoms with E-state index in [1.807, 2.05) is 0 Å². The highest BCUT2D eigenvalue weighted by Crippen LogP contribution is 2.64. The molecule has 120 valence electrons. The molecule has 0 saturated heterocycles. The number of aromatic hydroxyl groups is 2. The first-order valence-corrected chi connectivity index (χ1v) is 7.64. The van der Waals surface area contributed by atoms with Crippen molar-refractivity contribution in [3.05, 3.63) is 47.5 Å². The number of rotatable bonds is 0. The van der Waals surface area contributed by atoms with Crippen molar-refractivity contribution in [1.82, 2.24) is 0 Å². The Morgan fingerprint density at radius 3 is 1.50 bits per heavy atom. The van der Waals surface area contributed by atoms with Crippen LogP contribution in [0.2, 0.25) is 0 Å². The summed E-state index contributed by atoms with van der Waals surface area (Å²) < 4.78 is 10.6. The predicted octanol–water partition coefficient (Wildman–Crippen LogP) is 2.05. The average molecular weight is 324 g/mol. The summed E-state index contributed by atoms with van der Waals surface area (Å²) >= 11 is 0. The van der Waals surface area contributed by atoms with E-state index in [0.29, 0.717) is 11.5 Å². The van der Waals surface area contributed by atoms with Gasteiger partial charge in [0.2, 0.25) is 0 Å². The molecular weight excluding hydrogens is 312 g/mol. The second-order valence-electron chi connectivity index (χ2n) is 6.39. The van der Waals surface area contributed by atoms with E-state index in [1.165, 1.54) is 12.1 Å². The molecule has 2 aliphatic heterocycles. The van der Waals surface area contributed by atoms with E-state index in [2.05, 4.69) is 0 Å². The van der Waals surface area contributed by atoms with Gasteiger partial charge >= 0.3 is 11.9 Å². The predicted molar refractivity (Wildman–Crippen MR) is 79.9 cm³/mol. The molecule has 0 spiro atoms. The lowest BCUT2D eigenvalue weighted by Crippen LogP contribution is -2.57. The second-order valence-corrected chi connectivity index (χ2v) is 6.39. The highest BCUT2D eigenvalue weighted by atomic mass is 16.5. The van der Waals surface area contributed by atoms with E-state index < -0.39 is 23.8 Å². The molecule has 24 heavy (non-hydrogen) atoms. The van der Waals surface area contributed by atoms with Gasteiger partial charge in [0.05, 0.1) is 11.8 Å². The van der Waals surface area contributed by atoms with Crippen LogP contribution in [0.5, 0.6) is 23.0 Å². The number of esters is 2. The quantitative estimate of drug-likeness (QED) is 0.569. The Kier molecular flexibility index (Phi) is 2.40. The Morgan fingerprint density at radius 1 is 0.667 bits per heavy atom. The van der Waals surface area contributed by atoms with Crippen LogP contribution in [-0.4, -0.2) is 22.2 Å². The summed E-state index contributed by atoms with van der Waals surface area (Å²) in [7, 11) is 0. The van der Waals surface area contributed by atoms with Gasteiger partial charge in [0.25, 0.3) is 0 Å². The molecule has 0 radical (unpaired) electrons. The smallest absolute Gasteiger partial charge is 0.315 e. The van der Waals surface area contributed by atoms with Crippen molar-refractivity contribution in [2.45, 2.75) is 11.8 Å². The minimum absolute atomic E-state index is 0.0178. The Hall–Kier alpha value is -3.02. The first-order chi connectivity index (χ1) is 11.5. The summed E-state index contributed by atoms with van der Waals surface area (Å²) in [4.78, 5) is 24.7.